The number of hydrogen-bond donors (Lipinski definition) is 1. The standard InChI is InChI=1S/C10H22N2O/c1-2-7-13-8-10-3-5-12(9-11)6-4-10/h10H,2-9,11H2,1H3. The molecule has 3 heteroatoms. The number of hydrogen-bond acceptors (Lipinski definition) is 3. The number of ether oxygens (including phenoxy) is 1. The molecule has 0 bridgehead atoms. The smallest absolute Gasteiger partial charge is 0.0495 e. The first kappa shape index (κ1) is 11.0. The maximum Gasteiger partial charge on any atom is 0.0495 e. The molecule has 0 saturated carbocycles. The van der Waals surface area contributed by atoms with Gasteiger partial charge in [0.1, 0.15) is 0 Å². The summed E-state index contributed by atoms with van der Waals surface area (Å²) in [5.41, 5.74) is 5.57. The lowest BCUT2D eigenvalue weighted by molar-refractivity contribution is 0.0680. The van der Waals surface area contributed by atoms with Crippen LogP contribution in [0.1, 0.15) is 26.2 Å². The summed E-state index contributed by atoms with van der Waals surface area (Å²) in [6.07, 6.45) is 3.63. The molecule has 0 amide bonds. The Hall–Kier alpha value is -0.120. The van der Waals surface area contributed by atoms with Gasteiger partial charge in [-0.3, -0.25) is 4.90 Å². The summed E-state index contributed by atoms with van der Waals surface area (Å²) >= 11 is 0. The molecule has 1 saturated heterocycles. The average molecular weight is 186 g/mol. The number of piperidine rings is 1. The minimum Gasteiger partial charge on any atom is -0.381 e. The minimum absolute atomic E-state index is 0.711. The van der Waals surface area contributed by atoms with Crippen molar-refractivity contribution in [3.8, 4) is 0 Å². The summed E-state index contributed by atoms with van der Waals surface area (Å²) in [6, 6.07) is 0. The Kier molecular flexibility index (Phi) is 5.35. The molecule has 2 N–H and O–H groups in total. The van der Waals surface area contributed by atoms with Crippen LogP contribution in [0.3, 0.4) is 0 Å². The third kappa shape index (κ3) is 4.07. The lowest BCUT2D eigenvalue weighted by Gasteiger charge is -2.30. The molecule has 0 aromatic carbocycles. The van der Waals surface area contributed by atoms with Crippen molar-refractivity contribution in [2.75, 3.05) is 33.0 Å². The molecule has 3 nitrogen and oxygen atoms in total. The van der Waals surface area contributed by atoms with Gasteiger partial charge in [0.25, 0.3) is 0 Å². The molecule has 1 fully saturated rings. The minimum atomic E-state index is 0.711. The summed E-state index contributed by atoms with van der Waals surface area (Å²) in [5, 5.41) is 0. The van der Waals surface area contributed by atoms with Gasteiger partial charge >= 0.3 is 0 Å². The van der Waals surface area contributed by atoms with Crippen molar-refractivity contribution < 1.29 is 4.74 Å². The lowest BCUT2D eigenvalue weighted by Crippen LogP contribution is -2.38. The highest BCUT2D eigenvalue weighted by atomic mass is 16.5. The van der Waals surface area contributed by atoms with Gasteiger partial charge in [-0.25, -0.2) is 0 Å². The van der Waals surface area contributed by atoms with E-state index >= 15 is 0 Å². The van der Waals surface area contributed by atoms with E-state index in [9.17, 15) is 0 Å². The van der Waals surface area contributed by atoms with Crippen LogP contribution in [0, 0.1) is 5.92 Å². The first-order valence-corrected chi connectivity index (χ1v) is 5.37. The second kappa shape index (κ2) is 6.35. The largest absolute Gasteiger partial charge is 0.381 e. The summed E-state index contributed by atoms with van der Waals surface area (Å²) in [7, 11) is 0. The van der Waals surface area contributed by atoms with Gasteiger partial charge in [-0.15, -0.1) is 0 Å². The fourth-order valence-electron chi connectivity index (χ4n) is 1.73. The Balaban J connectivity index is 2.03. The summed E-state index contributed by atoms with van der Waals surface area (Å²) < 4.78 is 5.54. The highest BCUT2D eigenvalue weighted by Crippen LogP contribution is 2.16. The normalized spacial score (nSPS) is 20.8. The van der Waals surface area contributed by atoms with Crippen molar-refractivity contribution in [1.29, 1.82) is 0 Å². The molecular formula is C10H22N2O. The second-order valence-electron chi connectivity index (χ2n) is 3.82. The van der Waals surface area contributed by atoms with Gasteiger partial charge in [-0.05, 0) is 38.3 Å². The number of nitrogens with zero attached hydrogens (tertiary/aromatic N) is 1. The van der Waals surface area contributed by atoms with Crippen LogP contribution in [-0.2, 0) is 4.74 Å². The zero-order chi connectivity index (χ0) is 9.52. The van der Waals surface area contributed by atoms with Crippen LogP contribution in [0.15, 0.2) is 0 Å². The highest BCUT2D eigenvalue weighted by Gasteiger charge is 2.17. The molecule has 1 aliphatic heterocycles. The molecule has 0 radical (unpaired) electrons. The Morgan fingerprint density at radius 3 is 2.62 bits per heavy atom. The van der Waals surface area contributed by atoms with Crippen molar-refractivity contribution in [1.82, 2.24) is 4.90 Å². The van der Waals surface area contributed by atoms with E-state index in [0.29, 0.717) is 6.67 Å². The van der Waals surface area contributed by atoms with Crippen molar-refractivity contribution >= 4 is 0 Å². The first-order chi connectivity index (χ1) is 6.36. The molecule has 0 unspecified atom stereocenters. The third-order valence-electron chi connectivity index (χ3n) is 2.67. The molecule has 1 heterocycles. The van der Waals surface area contributed by atoms with Crippen molar-refractivity contribution in [3.63, 3.8) is 0 Å². The van der Waals surface area contributed by atoms with Crippen molar-refractivity contribution in [3.05, 3.63) is 0 Å². The van der Waals surface area contributed by atoms with E-state index in [1.165, 1.54) is 12.8 Å². The maximum absolute atomic E-state index is 5.57. The van der Waals surface area contributed by atoms with Crippen LogP contribution in [0.25, 0.3) is 0 Å². The topological polar surface area (TPSA) is 38.5 Å². The Bertz CT molecular complexity index is 119. The van der Waals surface area contributed by atoms with Gasteiger partial charge < -0.3 is 10.5 Å². The van der Waals surface area contributed by atoms with Crippen molar-refractivity contribution in [2.45, 2.75) is 26.2 Å². The second-order valence-corrected chi connectivity index (χ2v) is 3.82. The Morgan fingerprint density at radius 2 is 2.08 bits per heavy atom. The van der Waals surface area contributed by atoms with Crippen LogP contribution >= 0.6 is 0 Å². The molecule has 13 heavy (non-hydrogen) atoms. The summed E-state index contributed by atoms with van der Waals surface area (Å²) in [5.74, 6) is 0.773. The highest BCUT2D eigenvalue weighted by molar-refractivity contribution is 4.70. The summed E-state index contributed by atoms with van der Waals surface area (Å²) in [6.45, 7) is 7.02. The van der Waals surface area contributed by atoms with Gasteiger partial charge in [0, 0.05) is 19.9 Å². The van der Waals surface area contributed by atoms with Gasteiger partial charge in [-0.2, -0.15) is 0 Å². The molecule has 1 rings (SSSR count). The van der Waals surface area contributed by atoms with Gasteiger partial charge in [0.15, 0.2) is 0 Å². The van der Waals surface area contributed by atoms with E-state index in [0.717, 1.165) is 38.6 Å². The SMILES string of the molecule is CCCOCC1CCN(CN)CC1. The van der Waals surface area contributed by atoms with Crippen LogP contribution in [0.5, 0.6) is 0 Å². The van der Waals surface area contributed by atoms with Crippen LogP contribution in [0.4, 0.5) is 0 Å². The predicted octanol–water partition coefficient (Wildman–Crippen LogP) is 1.04. The fourth-order valence-corrected chi connectivity index (χ4v) is 1.73. The Morgan fingerprint density at radius 1 is 1.38 bits per heavy atom. The monoisotopic (exact) mass is 186 g/mol. The number of likely N-dealkylation sites (tertiary alicyclic amines) is 1. The molecule has 0 aromatic heterocycles. The van der Waals surface area contributed by atoms with Crippen LogP contribution in [0.2, 0.25) is 0 Å². The third-order valence-corrected chi connectivity index (χ3v) is 2.67. The van der Waals surface area contributed by atoms with Crippen LogP contribution in [-0.4, -0.2) is 37.9 Å². The van der Waals surface area contributed by atoms with Crippen molar-refractivity contribution in [2.24, 2.45) is 11.7 Å². The van der Waals surface area contributed by atoms with E-state index < -0.39 is 0 Å². The molecule has 0 aromatic rings. The van der Waals surface area contributed by atoms with E-state index in [1.54, 1.807) is 0 Å². The van der Waals surface area contributed by atoms with E-state index in [2.05, 4.69) is 11.8 Å². The quantitative estimate of drug-likeness (QED) is 0.652. The Labute approximate surface area is 81.2 Å². The van der Waals surface area contributed by atoms with Gasteiger partial charge in [0.2, 0.25) is 0 Å². The average Bonchev–Trinajstić information content (AvgIpc) is 2.19. The zero-order valence-corrected chi connectivity index (χ0v) is 8.67. The van der Waals surface area contributed by atoms with E-state index in [-0.39, 0.29) is 0 Å². The molecular weight excluding hydrogens is 164 g/mol. The molecule has 0 atom stereocenters. The van der Waals surface area contributed by atoms with Gasteiger partial charge in [-0.1, -0.05) is 6.92 Å². The molecule has 78 valence electrons. The maximum atomic E-state index is 5.57. The predicted molar refractivity (Wildman–Crippen MR) is 54.5 cm³/mol. The summed E-state index contributed by atoms with van der Waals surface area (Å²) in [4.78, 5) is 2.30. The first-order valence-electron chi connectivity index (χ1n) is 5.37. The molecule has 1 aliphatic rings. The van der Waals surface area contributed by atoms with E-state index in [1.807, 2.05) is 0 Å². The number of rotatable bonds is 5. The van der Waals surface area contributed by atoms with Gasteiger partial charge in [0.05, 0.1) is 0 Å². The fraction of sp³-hybridized carbons (Fsp3) is 1.00. The number of nitrogens with two attached hydrogens (primary N) is 1. The molecule has 0 aliphatic carbocycles. The van der Waals surface area contributed by atoms with Crippen LogP contribution < -0.4 is 5.73 Å². The molecule has 0 spiro atoms. The lowest BCUT2D eigenvalue weighted by atomic mass is 9.98. The van der Waals surface area contributed by atoms with E-state index in [4.69, 9.17) is 10.5 Å². The zero-order valence-electron chi connectivity index (χ0n) is 8.67.